The maximum Gasteiger partial charge on any atom is 0.225 e. The third kappa shape index (κ3) is 3.24. The predicted molar refractivity (Wildman–Crippen MR) is 92.7 cm³/mol. The molecule has 126 valence electrons. The quantitative estimate of drug-likeness (QED) is 0.888. The number of rotatable bonds is 4. The minimum absolute atomic E-state index is 0.199. The number of carbonyl (C=O) groups excluding carboxylic acids is 1. The summed E-state index contributed by atoms with van der Waals surface area (Å²) in [5.41, 5.74) is 5.85. The average molecular weight is 334 g/mol. The molecule has 2 heterocycles. The number of hydrogen-bond donors (Lipinski definition) is 2. The molecule has 1 saturated heterocycles. The lowest BCUT2D eigenvalue weighted by atomic mass is 9.86. The van der Waals surface area contributed by atoms with Gasteiger partial charge in [-0.1, -0.05) is 19.3 Å². The Morgan fingerprint density at radius 3 is 2.78 bits per heavy atom. The largest absolute Gasteiger partial charge is 0.356 e. The van der Waals surface area contributed by atoms with Crippen LogP contribution in [-0.4, -0.2) is 40.5 Å². The van der Waals surface area contributed by atoms with Crippen LogP contribution >= 0.6 is 11.3 Å². The van der Waals surface area contributed by atoms with Crippen LogP contribution in [0.3, 0.4) is 0 Å². The van der Waals surface area contributed by atoms with E-state index >= 15 is 0 Å². The molecule has 5 nitrogen and oxygen atoms in total. The number of carbonyl (C=O) groups is 1. The summed E-state index contributed by atoms with van der Waals surface area (Å²) >= 11 is 1.79. The highest BCUT2D eigenvalue weighted by atomic mass is 32.1. The number of aromatic nitrogens is 1. The zero-order valence-corrected chi connectivity index (χ0v) is 14.4. The fourth-order valence-electron chi connectivity index (χ4n) is 4.17. The number of hydrogen-bond acceptors (Lipinski definition) is 5. The van der Waals surface area contributed by atoms with Gasteiger partial charge in [-0.25, -0.2) is 4.98 Å². The number of amides is 1. The van der Waals surface area contributed by atoms with Gasteiger partial charge in [-0.05, 0) is 31.6 Å². The SMILES string of the molecule is N[C@H]1C[C@H](N2CC(Nc3ncc(C4CCCCC4)s3)CC2=O)C1. The topological polar surface area (TPSA) is 71.2 Å². The maximum atomic E-state index is 12.2. The van der Waals surface area contributed by atoms with E-state index in [2.05, 4.69) is 10.3 Å². The number of nitrogens with one attached hydrogen (secondary N) is 1. The lowest BCUT2D eigenvalue weighted by Crippen LogP contribution is -2.51. The van der Waals surface area contributed by atoms with Crippen molar-refractivity contribution < 1.29 is 4.79 Å². The normalized spacial score (nSPS) is 32.1. The molecule has 0 spiro atoms. The summed E-state index contributed by atoms with van der Waals surface area (Å²) in [4.78, 5) is 20.2. The minimum Gasteiger partial charge on any atom is -0.356 e. The van der Waals surface area contributed by atoms with E-state index in [4.69, 9.17) is 5.73 Å². The van der Waals surface area contributed by atoms with Gasteiger partial charge in [0.2, 0.25) is 5.91 Å². The molecule has 2 aliphatic carbocycles. The summed E-state index contributed by atoms with van der Waals surface area (Å²) in [5, 5.41) is 4.47. The molecule has 3 fully saturated rings. The molecule has 0 radical (unpaired) electrons. The first-order chi connectivity index (χ1) is 11.2. The van der Waals surface area contributed by atoms with E-state index in [1.807, 2.05) is 11.1 Å². The summed E-state index contributed by atoms with van der Waals surface area (Å²) in [6.07, 6.45) is 11.2. The third-order valence-electron chi connectivity index (χ3n) is 5.61. The first-order valence-electron chi connectivity index (χ1n) is 8.96. The van der Waals surface area contributed by atoms with E-state index in [0.29, 0.717) is 18.4 Å². The van der Waals surface area contributed by atoms with Crippen LogP contribution in [0.5, 0.6) is 0 Å². The zero-order chi connectivity index (χ0) is 15.8. The number of nitrogens with zero attached hydrogens (tertiary/aromatic N) is 2. The molecule has 2 saturated carbocycles. The van der Waals surface area contributed by atoms with E-state index in [0.717, 1.165) is 24.5 Å². The van der Waals surface area contributed by atoms with Crippen molar-refractivity contribution in [1.82, 2.24) is 9.88 Å². The smallest absolute Gasteiger partial charge is 0.225 e. The van der Waals surface area contributed by atoms with Gasteiger partial charge in [-0.15, -0.1) is 11.3 Å². The fraction of sp³-hybridized carbons (Fsp3) is 0.765. The molecule has 1 aromatic heterocycles. The molecule has 1 aliphatic heterocycles. The van der Waals surface area contributed by atoms with E-state index in [9.17, 15) is 4.79 Å². The Hall–Kier alpha value is -1.14. The van der Waals surface area contributed by atoms with Gasteiger partial charge in [0.1, 0.15) is 0 Å². The van der Waals surface area contributed by atoms with Crippen LogP contribution in [0.4, 0.5) is 5.13 Å². The van der Waals surface area contributed by atoms with Crippen molar-refractivity contribution in [2.24, 2.45) is 5.73 Å². The predicted octanol–water partition coefficient (Wildman–Crippen LogP) is 2.69. The van der Waals surface area contributed by atoms with E-state index in [-0.39, 0.29) is 18.0 Å². The van der Waals surface area contributed by atoms with Crippen molar-refractivity contribution in [3.63, 3.8) is 0 Å². The molecule has 1 atom stereocenters. The molecular formula is C17H26N4OS. The summed E-state index contributed by atoms with van der Waals surface area (Å²) in [7, 11) is 0. The minimum atomic E-state index is 0.199. The number of nitrogens with two attached hydrogens (primary N) is 1. The second-order valence-electron chi connectivity index (χ2n) is 7.38. The first-order valence-corrected chi connectivity index (χ1v) is 9.78. The van der Waals surface area contributed by atoms with Crippen molar-refractivity contribution in [3.05, 3.63) is 11.1 Å². The Balaban J connectivity index is 1.34. The Morgan fingerprint density at radius 2 is 2.04 bits per heavy atom. The van der Waals surface area contributed by atoms with Crippen LogP contribution in [0, 0.1) is 0 Å². The standard InChI is InChI=1S/C17H26N4OS/c18-12-6-14(7-12)21-10-13(8-16(21)22)20-17-19-9-15(23-17)11-4-2-1-3-5-11/h9,11-14H,1-8,10,18H2,(H,19,20)/t12-,13?,14-. The highest BCUT2D eigenvalue weighted by molar-refractivity contribution is 7.15. The van der Waals surface area contributed by atoms with Crippen LogP contribution in [0.1, 0.15) is 62.2 Å². The molecule has 6 heteroatoms. The number of thiazole rings is 1. The lowest BCUT2D eigenvalue weighted by Gasteiger charge is -2.39. The maximum absolute atomic E-state index is 12.2. The molecule has 1 unspecified atom stereocenters. The highest BCUT2D eigenvalue weighted by Crippen LogP contribution is 2.37. The van der Waals surface area contributed by atoms with Crippen molar-refractivity contribution in [2.75, 3.05) is 11.9 Å². The van der Waals surface area contributed by atoms with Crippen LogP contribution < -0.4 is 11.1 Å². The number of anilines is 1. The summed E-state index contributed by atoms with van der Waals surface area (Å²) in [5.74, 6) is 0.971. The second kappa shape index (κ2) is 6.40. The Morgan fingerprint density at radius 1 is 1.26 bits per heavy atom. The van der Waals surface area contributed by atoms with Gasteiger partial charge in [0.05, 0.1) is 6.04 Å². The van der Waals surface area contributed by atoms with Gasteiger partial charge in [-0.2, -0.15) is 0 Å². The Labute approximate surface area is 141 Å². The fourth-order valence-corrected chi connectivity index (χ4v) is 5.23. The highest BCUT2D eigenvalue weighted by Gasteiger charge is 2.39. The molecule has 3 aliphatic rings. The van der Waals surface area contributed by atoms with Gasteiger partial charge in [0.15, 0.2) is 5.13 Å². The van der Waals surface area contributed by atoms with Gasteiger partial charge in [0, 0.05) is 36.1 Å². The van der Waals surface area contributed by atoms with Crippen LogP contribution in [0.25, 0.3) is 0 Å². The van der Waals surface area contributed by atoms with Gasteiger partial charge < -0.3 is 16.0 Å². The summed E-state index contributed by atoms with van der Waals surface area (Å²) in [6, 6.07) is 0.861. The van der Waals surface area contributed by atoms with Crippen molar-refractivity contribution in [2.45, 2.75) is 75.4 Å². The van der Waals surface area contributed by atoms with Crippen LogP contribution in [0.2, 0.25) is 0 Å². The van der Waals surface area contributed by atoms with Crippen molar-refractivity contribution in [1.29, 1.82) is 0 Å². The molecular weight excluding hydrogens is 308 g/mol. The van der Waals surface area contributed by atoms with Crippen LogP contribution in [0.15, 0.2) is 6.20 Å². The Kier molecular flexibility index (Phi) is 4.28. The summed E-state index contributed by atoms with van der Waals surface area (Å²) < 4.78 is 0. The van der Waals surface area contributed by atoms with Gasteiger partial charge in [0.25, 0.3) is 0 Å². The molecule has 4 rings (SSSR count). The van der Waals surface area contributed by atoms with E-state index < -0.39 is 0 Å². The monoisotopic (exact) mass is 334 g/mol. The van der Waals surface area contributed by atoms with Crippen LogP contribution in [-0.2, 0) is 4.79 Å². The molecule has 23 heavy (non-hydrogen) atoms. The Bertz CT molecular complexity index is 563. The van der Waals surface area contributed by atoms with E-state index in [1.54, 1.807) is 11.3 Å². The zero-order valence-electron chi connectivity index (χ0n) is 13.5. The lowest BCUT2D eigenvalue weighted by molar-refractivity contribution is -0.131. The summed E-state index contributed by atoms with van der Waals surface area (Å²) in [6.45, 7) is 0.800. The van der Waals surface area contributed by atoms with Gasteiger partial charge in [-0.3, -0.25) is 4.79 Å². The molecule has 0 aromatic carbocycles. The van der Waals surface area contributed by atoms with E-state index in [1.165, 1.54) is 37.0 Å². The van der Waals surface area contributed by atoms with Crippen molar-refractivity contribution in [3.8, 4) is 0 Å². The van der Waals surface area contributed by atoms with Crippen molar-refractivity contribution >= 4 is 22.4 Å². The number of likely N-dealkylation sites (tertiary alicyclic amines) is 1. The molecule has 1 amide bonds. The third-order valence-corrected chi connectivity index (χ3v) is 6.70. The second-order valence-corrected chi connectivity index (χ2v) is 8.44. The molecule has 0 bridgehead atoms. The first kappa shape index (κ1) is 15.4. The molecule has 3 N–H and O–H groups in total. The molecule has 1 aromatic rings. The van der Waals surface area contributed by atoms with Gasteiger partial charge >= 0.3 is 0 Å². The average Bonchev–Trinajstić information content (AvgIpc) is 3.12.